The lowest BCUT2D eigenvalue weighted by atomic mass is 9.97. The molecule has 0 bridgehead atoms. The molecule has 0 amide bonds. The van der Waals surface area contributed by atoms with Crippen molar-refractivity contribution < 1.29 is 0 Å². The van der Waals surface area contributed by atoms with Crippen LogP contribution in [0.2, 0.25) is 10.1 Å². The van der Waals surface area contributed by atoms with Crippen LogP contribution in [-0.4, -0.2) is 8.07 Å². The van der Waals surface area contributed by atoms with Crippen molar-refractivity contribution >= 4 is 20.2 Å². The van der Waals surface area contributed by atoms with Gasteiger partial charge in [-0.3, -0.25) is 0 Å². The molecule has 0 unspecified atom stereocenters. The molecule has 0 N–H and O–H groups in total. The molecule has 2 aliphatic rings. The fourth-order valence-corrected chi connectivity index (χ4v) is 16.6. The molecule has 2 aliphatic carbocycles. The molecule has 0 aliphatic heterocycles. The minimum Gasteiger partial charge on any atom is -0.0699 e. The van der Waals surface area contributed by atoms with E-state index in [1.165, 1.54) is 55.6 Å². The number of fused-ring (bicyclic) bond motifs is 2. The molecule has 208 valence electrons. The first-order valence-corrected chi connectivity index (χ1v) is 17.2. The molecule has 0 fully saturated rings. The zero-order chi connectivity index (χ0) is 29.2. The first kappa shape index (κ1) is 27.7. The average Bonchev–Trinajstić information content (AvgIpc) is 3.53. The quantitative estimate of drug-likeness (QED) is 0.221. The predicted molar refractivity (Wildman–Crippen MR) is 182 cm³/mol. The summed E-state index contributed by atoms with van der Waals surface area (Å²) in [5.41, 5.74) is 13.8. The third kappa shape index (κ3) is 4.50. The Balaban J connectivity index is 1.54. The molecule has 0 saturated carbocycles. The SMILES string of the molecule is Cc1ccc(-c2cccc3c2C=C([Si](C2=Cc4c(cccc4-c4ccc(C)cc4)C2)(C(C)(C)C)C(C)(C)C)C3)cc1. The maximum atomic E-state index is 2.64. The molecule has 0 atom stereocenters. The van der Waals surface area contributed by atoms with Crippen molar-refractivity contribution in [2.24, 2.45) is 0 Å². The maximum absolute atomic E-state index is 2.64. The Hall–Kier alpha value is -3.42. The van der Waals surface area contributed by atoms with E-state index in [0.717, 1.165) is 12.8 Å². The first-order chi connectivity index (χ1) is 19.4. The highest BCUT2D eigenvalue weighted by Crippen LogP contribution is 2.62. The number of allylic oxidation sites excluding steroid dienone is 2. The summed E-state index contributed by atoms with van der Waals surface area (Å²) in [6.45, 7) is 19.5. The zero-order valence-electron chi connectivity index (χ0n) is 26.2. The van der Waals surface area contributed by atoms with Crippen molar-refractivity contribution in [3.8, 4) is 22.3 Å². The predicted octanol–water partition coefficient (Wildman–Crippen LogP) is 11.3. The summed E-state index contributed by atoms with van der Waals surface area (Å²) >= 11 is 0. The van der Waals surface area contributed by atoms with Gasteiger partial charge in [-0.05, 0) is 81.3 Å². The maximum Gasteiger partial charge on any atom is 0.120 e. The second-order valence-corrected chi connectivity index (χ2v) is 20.2. The van der Waals surface area contributed by atoms with Gasteiger partial charge in [0.15, 0.2) is 0 Å². The Morgan fingerprint density at radius 2 is 0.854 bits per heavy atom. The molecule has 1 heteroatoms. The van der Waals surface area contributed by atoms with Gasteiger partial charge in [-0.1, -0.05) is 160 Å². The smallest absolute Gasteiger partial charge is 0.0699 e. The van der Waals surface area contributed by atoms with Gasteiger partial charge in [0.25, 0.3) is 0 Å². The van der Waals surface area contributed by atoms with Crippen LogP contribution < -0.4 is 0 Å². The molecular formula is C40H44Si. The van der Waals surface area contributed by atoms with Crippen LogP contribution in [0.1, 0.15) is 74.9 Å². The number of hydrogen-bond acceptors (Lipinski definition) is 0. The van der Waals surface area contributed by atoms with Crippen LogP contribution in [0.5, 0.6) is 0 Å². The highest BCUT2D eigenvalue weighted by molar-refractivity contribution is 6.98. The number of aryl methyl sites for hydroxylation is 2. The Morgan fingerprint density at radius 3 is 1.20 bits per heavy atom. The van der Waals surface area contributed by atoms with Gasteiger partial charge in [0.05, 0.1) is 0 Å². The first-order valence-electron chi connectivity index (χ1n) is 15.2. The third-order valence-corrected chi connectivity index (χ3v) is 16.8. The lowest BCUT2D eigenvalue weighted by molar-refractivity contribution is 0.622. The van der Waals surface area contributed by atoms with Gasteiger partial charge in [0.2, 0.25) is 0 Å². The summed E-state index contributed by atoms with van der Waals surface area (Å²) in [4.78, 5) is 0. The summed E-state index contributed by atoms with van der Waals surface area (Å²) in [7, 11) is -2.27. The monoisotopic (exact) mass is 552 g/mol. The van der Waals surface area contributed by atoms with Crippen LogP contribution in [-0.2, 0) is 12.8 Å². The van der Waals surface area contributed by atoms with Gasteiger partial charge in [-0.15, -0.1) is 0 Å². The molecule has 4 aromatic rings. The largest absolute Gasteiger partial charge is 0.120 e. The van der Waals surface area contributed by atoms with Gasteiger partial charge in [-0.25, -0.2) is 0 Å². The molecule has 0 spiro atoms. The van der Waals surface area contributed by atoms with Gasteiger partial charge in [0, 0.05) is 0 Å². The Kier molecular flexibility index (Phi) is 6.66. The van der Waals surface area contributed by atoms with E-state index >= 15 is 0 Å². The number of benzene rings is 4. The van der Waals surface area contributed by atoms with Crippen molar-refractivity contribution in [2.45, 2.75) is 78.3 Å². The van der Waals surface area contributed by atoms with Crippen LogP contribution in [0, 0.1) is 13.8 Å². The van der Waals surface area contributed by atoms with Crippen LogP contribution in [0.4, 0.5) is 0 Å². The van der Waals surface area contributed by atoms with E-state index in [1.807, 2.05) is 0 Å². The van der Waals surface area contributed by atoms with Gasteiger partial charge >= 0.3 is 0 Å². The molecule has 0 heterocycles. The fraction of sp³-hybridized carbons (Fsp3) is 0.300. The number of rotatable bonds is 4. The summed E-state index contributed by atoms with van der Waals surface area (Å²) < 4.78 is 0. The standard InChI is InChI=1S/C40H44Si/c1-27-15-19-29(20-16-27)35-13-9-11-31-23-33(25-37(31)35)41(39(3,4)5,40(6,7)8)34-24-32-12-10-14-36(38(32)26-34)30-21-17-28(2)18-22-30/h9-22,25-26H,23-24H2,1-8H3. The fourth-order valence-electron chi connectivity index (χ4n) is 8.45. The Labute approximate surface area is 248 Å². The van der Waals surface area contributed by atoms with Crippen molar-refractivity contribution in [3.05, 3.63) is 129 Å². The minimum absolute atomic E-state index is 0.154. The van der Waals surface area contributed by atoms with Gasteiger partial charge in [0.1, 0.15) is 8.07 Å². The highest BCUT2D eigenvalue weighted by Gasteiger charge is 2.58. The highest BCUT2D eigenvalue weighted by atomic mass is 28.3. The molecule has 0 aromatic heterocycles. The van der Waals surface area contributed by atoms with Crippen LogP contribution in [0.25, 0.3) is 34.4 Å². The average molecular weight is 553 g/mol. The van der Waals surface area contributed by atoms with Crippen molar-refractivity contribution in [3.63, 3.8) is 0 Å². The molecule has 0 radical (unpaired) electrons. The molecule has 0 saturated heterocycles. The summed E-state index contributed by atoms with van der Waals surface area (Å²) in [5, 5.41) is 3.70. The molecule has 0 nitrogen and oxygen atoms in total. The van der Waals surface area contributed by atoms with Crippen molar-refractivity contribution in [1.82, 2.24) is 0 Å². The van der Waals surface area contributed by atoms with Gasteiger partial charge < -0.3 is 0 Å². The van der Waals surface area contributed by atoms with E-state index in [2.05, 4.69) is 152 Å². The van der Waals surface area contributed by atoms with Crippen molar-refractivity contribution in [1.29, 1.82) is 0 Å². The third-order valence-electron chi connectivity index (χ3n) is 9.73. The Morgan fingerprint density at radius 1 is 0.488 bits per heavy atom. The van der Waals surface area contributed by atoms with E-state index in [9.17, 15) is 0 Å². The van der Waals surface area contributed by atoms with E-state index in [0.29, 0.717) is 0 Å². The van der Waals surface area contributed by atoms with Crippen LogP contribution in [0.15, 0.2) is 95.3 Å². The summed E-state index contributed by atoms with van der Waals surface area (Å²) in [6.07, 6.45) is 7.40. The molecule has 6 rings (SSSR count). The van der Waals surface area contributed by atoms with Crippen LogP contribution in [0.3, 0.4) is 0 Å². The zero-order valence-corrected chi connectivity index (χ0v) is 27.2. The second kappa shape index (κ2) is 9.84. The van der Waals surface area contributed by atoms with E-state index in [-0.39, 0.29) is 10.1 Å². The lowest BCUT2D eigenvalue weighted by Crippen LogP contribution is -2.56. The summed E-state index contributed by atoms with van der Waals surface area (Å²) in [5.74, 6) is 0. The summed E-state index contributed by atoms with van der Waals surface area (Å²) in [6, 6.07) is 32.0. The minimum atomic E-state index is -2.27. The van der Waals surface area contributed by atoms with Crippen molar-refractivity contribution in [2.75, 3.05) is 0 Å². The van der Waals surface area contributed by atoms with Crippen LogP contribution >= 0.6 is 0 Å². The van der Waals surface area contributed by atoms with Gasteiger partial charge in [-0.2, -0.15) is 0 Å². The lowest BCUT2D eigenvalue weighted by Gasteiger charge is -2.54. The topological polar surface area (TPSA) is 0 Å². The normalized spacial score (nSPS) is 14.9. The molecular weight excluding hydrogens is 509 g/mol. The van der Waals surface area contributed by atoms with E-state index in [4.69, 9.17) is 0 Å². The van der Waals surface area contributed by atoms with E-state index in [1.54, 1.807) is 10.4 Å². The number of hydrogen-bond donors (Lipinski definition) is 0. The van der Waals surface area contributed by atoms with E-state index < -0.39 is 8.07 Å². The molecule has 4 aromatic carbocycles. The second-order valence-electron chi connectivity index (χ2n) is 14.4. The Bertz CT molecular complexity index is 1550. The molecule has 41 heavy (non-hydrogen) atoms.